The maximum Gasteiger partial charge on any atom is 0.269 e. The third-order valence-corrected chi connectivity index (χ3v) is 4.69. The van der Waals surface area contributed by atoms with Gasteiger partial charge in [-0.3, -0.25) is 10.1 Å². The molecule has 1 aromatic carbocycles. The minimum atomic E-state index is -0.988. The Hall–Kier alpha value is -1.72. The number of nitro benzene ring substituents is 1. The van der Waals surface area contributed by atoms with E-state index in [1.54, 1.807) is 19.1 Å². The fraction of sp³-hybridized carbons (Fsp3) is 0.353. The summed E-state index contributed by atoms with van der Waals surface area (Å²) in [6.07, 6.45) is 0. The van der Waals surface area contributed by atoms with E-state index >= 15 is 0 Å². The number of non-ortho nitro benzene ring substituents is 1. The van der Waals surface area contributed by atoms with Gasteiger partial charge in [0.15, 0.2) is 5.96 Å². The number of nitrogens with one attached hydrogen (secondary N) is 2. The summed E-state index contributed by atoms with van der Waals surface area (Å²) in [5, 5.41) is 29.4. The van der Waals surface area contributed by atoms with E-state index in [0.717, 1.165) is 10.4 Å². The number of hydrogen-bond donors (Lipinski definition) is 3. The van der Waals surface area contributed by atoms with Crippen molar-refractivity contribution in [3.63, 3.8) is 0 Å². The van der Waals surface area contributed by atoms with E-state index in [2.05, 4.69) is 15.6 Å². The fourth-order valence-corrected chi connectivity index (χ4v) is 2.95. The molecule has 26 heavy (non-hydrogen) atoms. The van der Waals surface area contributed by atoms with E-state index < -0.39 is 10.5 Å². The molecule has 0 radical (unpaired) electrons. The Balaban J connectivity index is 0.00000338. The molecule has 0 aliphatic heterocycles. The zero-order chi connectivity index (χ0) is 18.3. The van der Waals surface area contributed by atoms with E-state index in [1.165, 1.54) is 23.5 Å². The van der Waals surface area contributed by atoms with Crippen molar-refractivity contribution in [2.45, 2.75) is 26.0 Å². The lowest BCUT2D eigenvalue weighted by molar-refractivity contribution is -0.384. The van der Waals surface area contributed by atoms with Crippen LogP contribution in [0.2, 0.25) is 0 Å². The largest absolute Gasteiger partial charge is 0.383 e. The summed E-state index contributed by atoms with van der Waals surface area (Å²) in [4.78, 5) is 15.6. The molecule has 0 fully saturated rings. The first-order valence-electron chi connectivity index (χ1n) is 7.94. The molecule has 1 atom stereocenters. The predicted molar refractivity (Wildman–Crippen MR) is 115 cm³/mol. The predicted octanol–water partition coefficient (Wildman–Crippen LogP) is 3.24. The Morgan fingerprint density at radius 1 is 1.31 bits per heavy atom. The van der Waals surface area contributed by atoms with E-state index in [9.17, 15) is 15.2 Å². The molecule has 1 heterocycles. The van der Waals surface area contributed by atoms with Gasteiger partial charge < -0.3 is 15.7 Å². The molecule has 0 saturated carbocycles. The van der Waals surface area contributed by atoms with Crippen LogP contribution in [-0.4, -0.2) is 29.1 Å². The number of rotatable bonds is 7. The third-order valence-electron chi connectivity index (χ3n) is 3.56. The molecule has 9 heteroatoms. The van der Waals surface area contributed by atoms with Crippen LogP contribution in [0.5, 0.6) is 0 Å². The van der Waals surface area contributed by atoms with Gasteiger partial charge in [-0.25, -0.2) is 4.99 Å². The first-order chi connectivity index (χ1) is 11.9. The molecule has 142 valence electrons. The molecular formula is C17H23IN4O3S. The molecule has 7 nitrogen and oxygen atoms in total. The van der Waals surface area contributed by atoms with Gasteiger partial charge in [-0.15, -0.1) is 35.3 Å². The number of halogens is 1. The van der Waals surface area contributed by atoms with Crippen LogP contribution in [0, 0.1) is 10.1 Å². The number of guanidine groups is 1. The van der Waals surface area contributed by atoms with Crippen molar-refractivity contribution >= 4 is 47.0 Å². The van der Waals surface area contributed by atoms with Crippen molar-refractivity contribution in [1.82, 2.24) is 10.6 Å². The summed E-state index contributed by atoms with van der Waals surface area (Å²) in [6, 6.07) is 10.1. The fourth-order valence-electron chi connectivity index (χ4n) is 2.16. The van der Waals surface area contributed by atoms with Crippen molar-refractivity contribution in [1.29, 1.82) is 0 Å². The van der Waals surface area contributed by atoms with Gasteiger partial charge in [-0.1, -0.05) is 18.2 Å². The standard InChI is InChI=1S/C17H22N4O3S.HI/c1-3-18-16(20-12-17(2,22)15-5-4-10-25-15)19-11-13-6-8-14(9-7-13)21(23)24;/h4-10,22H,3,11-12H2,1-2H3,(H2,18,19,20);1H. The Bertz CT molecular complexity index is 718. The summed E-state index contributed by atoms with van der Waals surface area (Å²) in [6.45, 7) is 5.10. The van der Waals surface area contributed by atoms with Crippen molar-refractivity contribution in [3.05, 3.63) is 62.3 Å². The topological polar surface area (TPSA) is 99.8 Å². The minimum Gasteiger partial charge on any atom is -0.383 e. The highest BCUT2D eigenvalue weighted by Crippen LogP contribution is 2.24. The molecule has 0 amide bonds. The monoisotopic (exact) mass is 490 g/mol. The van der Waals surface area contributed by atoms with Crippen LogP contribution in [0.1, 0.15) is 24.3 Å². The lowest BCUT2D eigenvalue weighted by atomic mass is 10.1. The smallest absolute Gasteiger partial charge is 0.269 e. The third kappa shape index (κ3) is 6.54. The zero-order valence-electron chi connectivity index (χ0n) is 14.6. The van der Waals surface area contributed by atoms with Crippen molar-refractivity contribution < 1.29 is 10.0 Å². The highest BCUT2D eigenvalue weighted by molar-refractivity contribution is 14.0. The lowest BCUT2D eigenvalue weighted by Crippen LogP contribution is -2.44. The van der Waals surface area contributed by atoms with Gasteiger partial charge in [0, 0.05) is 23.6 Å². The van der Waals surface area contributed by atoms with Crippen LogP contribution in [0.15, 0.2) is 46.8 Å². The van der Waals surface area contributed by atoms with Gasteiger partial charge in [-0.2, -0.15) is 0 Å². The maximum absolute atomic E-state index is 10.7. The second-order valence-electron chi connectivity index (χ2n) is 5.72. The number of nitrogens with zero attached hydrogens (tertiary/aromatic N) is 2. The highest BCUT2D eigenvalue weighted by Gasteiger charge is 2.24. The van der Waals surface area contributed by atoms with Gasteiger partial charge in [0.25, 0.3) is 5.69 Å². The summed E-state index contributed by atoms with van der Waals surface area (Å²) in [7, 11) is 0. The number of hydrogen-bond acceptors (Lipinski definition) is 5. The highest BCUT2D eigenvalue weighted by atomic mass is 127. The summed E-state index contributed by atoms with van der Waals surface area (Å²) < 4.78 is 0. The zero-order valence-corrected chi connectivity index (χ0v) is 17.8. The number of benzene rings is 1. The van der Waals surface area contributed by atoms with Crippen LogP contribution in [0.25, 0.3) is 0 Å². The van der Waals surface area contributed by atoms with Crippen LogP contribution in [-0.2, 0) is 12.1 Å². The van der Waals surface area contributed by atoms with Crippen LogP contribution in [0.4, 0.5) is 5.69 Å². The van der Waals surface area contributed by atoms with Gasteiger partial charge in [0.1, 0.15) is 5.60 Å². The Kier molecular flexibility index (Phi) is 8.96. The molecule has 0 aliphatic carbocycles. The normalized spacial score (nSPS) is 13.4. The molecular weight excluding hydrogens is 467 g/mol. The lowest BCUT2D eigenvalue weighted by Gasteiger charge is -2.23. The van der Waals surface area contributed by atoms with E-state index in [1.807, 2.05) is 24.4 Å². The van der Waals surface area contributed by atoms with Crippen LogP contribution >= 0.6 is 35.3 Å². The van der Waals surface area contributed by atoms with Crippen molar-refractivity contribution in [2.24, 2.45) is 4.99 Å². The molecule has 0 aliphatic rings. The van der Waals surface area contributed by atoms with Crippen molar-refractivity contribution in [3.8, 4) is 0 Å². The average molecular weight is 490 g/mol. The molecule has 3 N–H and O–H groups in total. The SMILES string of the molecule is CCNC(=NCc1ccc([N+](=O)[O-])cc1)NCC(C)(O)c1cccs1.I. The molecule has 0 saturated heterocycles. The molecule has 0 spiro atoms. The van der Waals surface area contributed by atoms with Crippen molar-refractivity contribution in [2.75, 3.05) is 13.1 Å². The average Bonchev–Trinajstić information content (AvgIpc) is 3.13. The number of nitro groups is 1. The quantitative estimate of drug-likeness (QED) is 0.182. The molecule has 2 aromatic rings. The van der Waals surface area contributed by atoms with E-state index in [0.29, 0.717) is 25.6 Å². The Morgan fingerprint density at radius 2 is 2.00 bits per heavy atom. The number of aliphatic imine (C=N–C) groups is 1. The summed E-state index contributed by atoms with van der Waals surface area (Å²) in [5.74, 6) is 0.581. The Labute approximate surface area is 173 Å². The molecule has 2 rings (SSSR count). The van der Waals surface area contributed by atoms with E-state index in [4.69, 9.17) is 0 Å². The summed E-state index contributed by atoms with van der Waals surface area (Å²) in [5.41, 5.74) is -0.0601. The number of aliphatic hydroxyl groups is 1. The van der Waals surface area contributed by atoms with Crippen LogP contribution < -0.4 is 10.6 Å². The Morgan fingerprint density at radius 3 is 2.54 bits per heavy atom. The summed E-state index contributed by atoms with van der Waals surface area (Å²) >= 11 is 1.50. The minimum absolute atomic E-state index is 0. The van der Waals surface area contributed by atoms with E-state index in [-0.39, 0.29) is 29.7 Å². The first-order valence-corrected chi connectivity index (χ1v) is 8.82. The number of thiophene rings is 1. The molecule has 0 bridgehead atoms. The second kappa shape index (κ2) is 10.4. The van der Waals surface area contributed by atoms with Gasteiger partial charge >= 0.3 is 0 Å². The maximum atomic E-state index is 10.7. The van der Waals surface area contributed by atoms with Gasteiger partial charge in [-0.05, 0) is 30.9 Å². The first kappa shape index (κ1) is 22.3. The molecule has 1 unspecified atom stereocenters. The van der Waals surface area contributed by atoms with Crippen LogP contribution in [0.3, 0.4) is 0 Å². The second-order valence-corrected chi connectivity index (χ2v) is 6.67. The molecule has 1 aromatic heterocycles. The van der Waals surface area contributed by atoms with Gasteiger partial charge in [0.05, 0.1) is 18.0 Å². The van der Waals surface area contributed by atoms with Gasteiger partial charge in [0.2, 0.25) is 0 Å².